The van der Waals surface area contributed by atoms with Gasteiger partial charge in [-0.25, -0.2) is 0 Å². The van der Waals surface area contributed by atoms with E-state index in [0.29, 0.717) is 25.4 Å². The molecule has 0 bridgehead atoms. The summed E-state index contributed by atoms with van der Waals surface area (Å²) in [5.74, 6) is 0. The van der Waals surface area contributed by atoms with Crippen molar-refractivity contribution in [3.63, 3.8) is 0 Å². The monoisotopic (exact) mass is 250 g/mol. The summed E-state index contributed by atoms with van der Waals surface area (Å²) in [7, 11) is 0. The van der Waals surface area contributed by atoms with Gasteiger partial charge in [-0.2, -0.15) is 0 Å². The number of ether oxygens (including phenoxy) is 1. The predicted octanol–water partition coefficient (Wildman–Crippen LogP) is 1.71. The Kier molecular flexibility index (Phi) is 3.95. The molecule has 0 radical (unpaired) electrons. The number of nitrogen functional groups attached to an aromatic ring is 1. The lowest BCUT2D eigenvalue weighted by Crippen LogP contribution is -2.21. The van der Waals surface area contributed by atoms with Crippen molar-refractivity contribution >= 4 is 17.0 Å². The number of nitrogens with two attached hydrogens (primary N) is 1. The van der Waals surface area contributed by atoms with Crippen molar-refractivity contribution in [2.45, 2.75) is 13.2 Å². The maximum atomic E-state index is 11.4. The summed E-state index contributed by atoms with van der Waals surface area (Å²) in [6.45, 7) is 1.62. The van der Waals surface area contributed by atoms with Gasteiger partial charge < -0.3 is 15.0 Å². The fraction of sp³-hybridized carbons (Fsp3) is 0.250. The predicted molar refractivity (Wildman–Crippen MR) is 69.1 cm³/mol. The zero-order chi connectivity index (χ0) is 12.1. The average molecular weight is 250 g/mol. The Bertz CT molecular complexity index is 520. The minimum Gasteiger partial charge on any atom is -0.398 e. The standard InChI is InChI=1S/C12H14N2O2S/c13-10-3-4-12(15)14(8-10)5-6-16-9-11-2-1-7-17-11/h1-4,7-8H,5-6,9,13H2. The van der Waals surface area contributed by atoms with Gasteiger partial charge in [0.15, 0.2) is 0 Å². The molecule has 2 N–H and O–H groups in total. The fourth-order valence-corrected chi connectivity index (χ4v) is 2.10. The highest BCUT2D eigenvalue weighted by Gasteiger charge is 1.97. The summed E-state index contributed by atoms with van der Waals surface area (Å²) in [5, 5.41) is 2.01. The summed E-state index contributed by atoms with van der Waals surface area (Å²) >= 11 is 1.66. The van der Waals surface area contributed by atoms with Gasteiger partial charge in [-0.05, 0) is 17.5 Å². The SMILES string of the molecule is Nc1ccc(=O)n(CCOCc2cccs2)c1. The third-order valence-electron chi connectivity index (χ3n) is 2.31. The first-order chi connectivity index (χ1) is 8.25. The molecule has 0 aliphatic rings. The molecule has 0 atom stereocenters. The molecular formula is C12H14N2O2S. The molecule has 17 heavy (non-hydrogen) atoms. The van der Waals surface area contributed by atoms with Crippen LogP contribution in [-0.4, -0.2) is 11.2 Å². The Morgan fingerprint density at radius 2 is 2.24 bits per heavy atom. The minimum atomic E-state index is -0.0566. The molecule has 90 valence electrons. The van der Waals surface area contributed by atoms with Crippen molar-refractivity contribution in [1.82, 2.24) is 4.57 Å². The van der Waals surface area contributed by atoms with Crippen LogP contribution in [0.3, 0.4) is 0 Å². The molecule has 0 aliphatic heterocycles. The molecule has 0 saturated heterocycles. The fourth-order valence-electron chi connectivity index (χ4n) is 1.45. The van der Waals surface area contributed by atoms with E-state index in [-0.39, 0.29) is 5.56 Å². The van der Waals surface area contributed by atoms with E-state index in [1.165, 1.54) is 10.9 Å². The quantitative estimate of drug-likeness (QED) is 0.822. The largest absolute Gasteiger partial charge is 0.398 e. The number of hydrogen-bond donors (Lipinski definition) is 1. The van der Waals surface area contributed by atoms with E-state index in [2.05, 4.69) is 0 Å². The maximum Gasteiger partial charge on any atom is 0.250 e. The Morgan fingerprint density at radius 1 is 1.35 bits per heavy atom. The molecule has 0 aromatic carbocycles. The highest BCUT2D eigenvalue weighted by Crippen LogP contribution is 2.09. The molecule has 2 aromatic heterocycles. The van der Waals surface area contributed by atoms with Crippen molar-refractivity contribution < 1.29 is 4.74 Å². The zero-order valence-electron chi connectivity index (χ0n) is 9.33. The summed E-state index contributed by atoms with van der Waals surface area (Å²) in [6, 6.07) is 7.09. The van der Waals surface area contributed by atoms with Crippen LogP contribution >= 0.6 is 11.3 Å². The third-order valence-corrected chi connectivity index (χ3v) is 3.16. The first-order valence-electron chi connectivity index (χ1n) is 5.32. The van der Waals surface area contributed by atoms with Crippen LogP contribution < -0.4 is 11.3 Å². The van der Waals surface area contributed by atoms with Crippen molar-refractivity contribution in [3.05, 3.63) is 51.1 Å². The Labute approximate surface area is 103 Å². The van der Waals surface area contributed by atoms with E-state index in [1.54, 1.807) is 28.2 Å². The van der Waals surface area contributed by atoms with Crippen LogP contribution in [0.1, 0.15) is 4.88 Å². The Hall–Kier alpha value is -1.59. The van der Waals surface area contributed by atoms with Crippen LogP contribution in [0.15, 0.2) is 40.6 Å². The van der Waals surface area contributed by atoms with Gasteiger partial charge >= 0.3 is 0 Å². The summed E-state index contributed by atoms with van der Waals surface area (Å²) in [4.78, 5) is 12.6. The average Bonchev–Trinajstić information content (AvgIpc) is 2.82. The van der Waals surface area contributed by atoms with Gasteiger partial charge in [0.2, 0.25) is 0 Å². The normalized spacial score (nSPS) is 10.6. The topological polar surface area (TPSA) is 57.2 Å². The summed E-state index contributed by atoms with van der Waals surface area (Å²) in [5.41, 5.74) is 6.14. The molecule has 0 spiro atoms. The van der Waals surface area contributed by atoms with Gasteiger partial charge in [-0.15, -0.1) is 11.3 Å². The van der Waals surface area contributed by atoms with Gasteiger partial charge in [0, 0.05) is 29.4 Å². The Balaban J connectivity index is 1.82. The lowest BCUT2D eigenvalue weighted by molar-refractivity contribution is 0.114. The molecule has 0 saturated carbocycles. The number of anilines is 1. The highest BCUT2D eigenvalue weighted by molar-refractivity contribution is 7.09. The molecule has 0 amide bonds. The van der Waals surface area contributed by atoms with Crippen molar-refractivity contribution in [1.29, 1.82) is 0 Å². The van der Waals surface area contributed by atoms with E-state index in [0.717, 1.165) is 0 Å². The van der Waals surface area contributed by atoms with Crippen molar-refractivity contribution in [3.8, 4) is 0 Å². The molecule has 0 aliphatic carbocycles. The second-order valence-corrected chi connectivity index (χ2v) is 4.66. The number of aromatic nitrogens is 1. The van der Waals surface area contributed by atoms with Crippen LogP contribution in [0.5, 0.6) is 0 Å². The zero-order valence-corrected chi connectivity index (χ0v) is 10.2. The van der Waals surface area contributed by atoms with Gasteiger partial charge in [0.1, 0.15) is 0 Å². The van der Waals surface area contributed by atoms with E-state index in [9.17, 15) is 4.79 Å². The molecule has 5 heteroatoms. The van der Waals surface area contributed by atoms with Crippen LogP contribution in [0.2, 0.25) is 0 Å². The Morgan fingerprint density at radius 3 is 3.00 bits per heavy atom. The molecule has 4 nitrogen and oxygen atoms in total. The summed E-state index contributed by atoms with van der Waals surface area (Å²) in [6.07, 6.45) is 1.64. The minimum absolute atomic E-state index is 0.0566. The highest BCUT2D eigenvalue weighted by atomic mass is 32.1. The second-order valence-electron chi connectivity index (χ2n) is 3.63. The van der Waals surface area contributed by atoms with Crippen molar-refractivity contribution in [2.75, 3.05) is 12.3 Å². The van der Waals surface area contributed by atoms with Gasteiger partial charge in [0.25, 0.3) is 5.56 Å². The molecule has 2 rings (SSSR count). The number of rotatable bonds is 5. The molecule has 2 aromatic rings. The summed E-state index contributed by atoms with van der Waals surface area (Å²) < 4.78 is 7.05. The van der Waals surface area contributed by atoms with E-state index < -0.39 is 0 Å². The number of hydrogen-bond acceptors (Lipinski definition) is 4. The van der Waals surface area contributed by atoms with Gasteiger partial charge in [0.05, 0.1) is 13.2 Å². The number of pyridine rings is 1. The lowest BCUT2D eigenvalue weighted by Gasteiger charge is -2.06. The number of nitrogens with zero attached hydrogens (tertiary/aromatic N) is 1. The van der Waals surface area contributed by atoms with Crippen LogP contribution in [-0.2, 0) is 17.9 Å². The first-order valence-corrected chi connectivity index (χ1v) is 6.20. The number of thiophene rings is 1. The first kappa shape index (κ1) is 11.9. The molecule has 2 heterocycles. The van der Waals surface area contributed by atoms with Crippen LogP contribution in [0.25, 0.3) is 0 Å². The van der Waals surface area contributed by atoms with Crippen LogP contribution in [0, 0.1) is 0 Å². The lowest BCUT2D eigenvalue weighted by atomic mass is 10.4. The van der Waals surface area contributed by atoms with Crippen molar-refractivity contribution in [2.24, 2.45) is 0 Å². The molecule has 0 fully saturated rings. The molecular weight excluding hydrogens is 236 g/mol. The van der Waals surface area contributed by atoms with Gasteiger partial charge in [-0.3, -0.25) is 4.79 Å². The second kappa shape index (κ2) is 5.65. The maximum absolute atomic E-state index is 11.4. The van der Waals surface area contributed by atoms with E-state index in [1.807, 2.05) is 17.5 Å². The molecule has 0 unspecified atom stereocenters. The van der Waals surface area contributed by atoms with Gasteiger partial charge in [-0.1, -0.05) is 6.07 Å². The smallest absolute Gasteiger partial charge is 0.250 e. The third kappa shape index (κ3) is 3.44. The van der Waals surface area contributed by atoms with Crippen LogP contribution in [0.4, 0.5) is 5.69 Å². The van der Waals surface area contributed by atoms with E-state index >= 15 is 0 Å². The van der Waals surface area contributed by atoms with E-state index in [4.69, 9.17) is 10.5 Å².